The summed E-state index contributed by atoms with van der Waals surface area (Å²) in [5.41, 5.74) is 0. The number of hydrogen-bond donors (Lipinski definition) is 1. The van der Waals surface area contributed by atoms with Gasteiger partial charge in [-0.15, -0.1) is 0 Å². The number of carbonyl (C=O) groups is 2. The Hall–Kier alpha value is -3.33. The Balaban J connectivity index is 3.93. The van der Waals surface area contributed by atoms with Gasteiger partial charge in [0.2, 0.25) is 0 Å². The van der Waals surface area contributed by atoms with Crippen molar-refractivity contribution < 1.29 is 42.1 Å². The SMILES string of the molecule is CC/C=C\C/C=C\C/C=C\C/C=C\C/C=C\CCCCCCCC(=O)OC(COC(=O)CCCCCCCCCCCCCCCCCCCCCCCCCCCCCC/C=C\C/C=C\C/C=C\C/C=C\CC)COP(=O)(O)OCC[N+](C)(C)C. The molecule has 0 aromatic heterocycles. The van der Waals surface area contributed by atoms with Crippen LogP contribution in [0.3, 0.4) is 0 Å². The van der Waals surface area contributed by atoms with Gasteiger partial charge in [-0.1, -0.05) is 309 Å². The zero-order valence-electron chi connectivity index (χ0n) is 56.5. The van der Waals surface area contributed by atoms with E-state index in [1.807, 2.05) is 21.1 Å². The summed E-state index contributed by atoms with van der Waals surface area (Å²) in [6, 6.07) is 0. The molecule has 0 saturated carbocycles. The molecule has 0 aromatic carbocycles. The summed E-state index contributed by atoms with van der Waals surface area (Å²) in [6.45, 7) is 4.21. The van der Waals surface area contributed by atoms with Gasteiger partial charge in [0.15, 0.2) is 6.10 Å². The molecule has 0 aliphatic rings. The first-order valence-electron chi connectivity index (χ1n) is 35.6. The molecule has 0 rings (SSSR count). The number of carbonyl (C=O) groups excluding carboxylic acids is 2. The maximum Gasteiger partial charge on any atom is 0.472 e. The Morgan fingerprint density at radius 3 is 0.930 bits per heavy atom. The number of phosphoric acid groups is 1. The molecule has 496 valence electrons. The Morgan fingerprint density at radius 2 is 0.628 bits per heavy atom. The van der Waals surface area contributed by atoms with Crippen molar-refractivity contribution in [1.82, 2.24) is 0 Å². The van der Waals surface area contributed by atoms with Gasteiger partial charge in [-0.05, 0) is 96.3 Å². The number of quaternary nitrogens is 1. The van der Waals surface area contributed by atoms with Crippen LogP contribution < -0.4 is 0 Å². The number of ether oxygens (including phenoxy) is 2. The number of unbranched alkanes of at least 4 members (excludes halogenated alkanes) is 33. The maximum absolute atomic E-state index is 12.8. The molecule has 0 heterocycles. The summed E-state index contributed by atoms with van der Waals surface area (Å²) >= 11 is 0. The molecule has 0 bridgehead atoms. The summed E-state index contributed by atoms with van der Waals surface area (Å²) in [5, 5.41) is 0. The number of hydrogen-bond acceptors (Lipinski definition) is 7. The fourth-order valence-corrected chi connectivity index (χ4v) is 10.7. The highest BCUT2D eigenvalue weighted by Gasteiger charge is 2.27. The second-order valence-corrected chi connectivity index (χ2v) is 26.3. The van der Waals surface area contributed by atoms with Crippen LogP contribution in [0.1, 0.15) is 309 Å². The highest BCUT2D eigenvalue weighted by Crippen LogP contribution is 2.43. The van der Waals surface area contributed by atoms with Gasteiger partial charge in [0, 0.05) is 12.8 Å². The molecule has 0 radical (unpaired) electrons. The quantitative estimate of drug-likeness (QED) is 0.0211. The van der Waals surface area contributed by atoms with Crippen LogP contribution in [-0.2, 0) is 32.7 Å². The monoisotopic (exact) mass is 1220 g/mol. The molecule has 0 amide bonds. The number of nitrogens with zero attached hydrogens (tertiary/aromatic N) is 1. The predicted octanol–water partition coefficient (Wildman–Crippen LogP) is 23.3. The average Bonchev–Trinajstić information content (AvgIpc) is 3.67. The lowest BCUT2D eigenvalue weighted by atomic mass is 10.0. The van der Waals surface area contributed by atoms with Crippen molar-refractivity contribution >= 4 is 19.8 Å². The van der Waals surface area contributed by atoms with Crippen molar-refractivity contribution in [1.29, 1.82) is 0 Å². The van der Waals surface area contributed by atoms with E-state index in [1.165, 1.54) is 167 Å². The van der Waals surface area contributed by atoms with E-state index in [4.69, 9.17) is 18.5 Å². The lowest BCUT2D eigenvalue weighted by molar-refractivity contribution is -0.870. The van der Waals surface area contributed by atoms with E-state index < -0.39 is 26.5 Å². The zero-order chi connectivity index (χ0) is 62.6. The van der Waals surface area contributed by atoms with Crippen LogP contribution in [0.4, 0.5) is 0 Å². The first-order chi connectivity index (χ1) is 42.0. The molecular formula is C76H135NO8P+. The molecule has 0 aliphatic carbocycles. The fourth-order valence-electron chi connectivity index (χ4n) is 9.92. The average molecular weight is 1220 g/mol. The van der Waals surface area contributed by atoms with Crippen molar-refractivity contribution in [2.75, 3.05) is 47.5 Å². The van der Waals surface area contributed by atoms with Crippen molar-refractivity contribution in [2.45, 2.75) is 315 Å². The Labute approximate surface area is 531 Å². The second kappa shape index (κ2) is 66.1. The lowest BCUT2D eigenvalue weighted by Gasteiger charge is -2.24. The van der Waals surface area contributed by atoms with Gasteiger partial charge >= 0.3 is 19.8 Å². The topological polar surface area (TPSA) is 108 Å². The predicted molar refractivity (Wildman–Crippen MR) is 371 cm³/mol. The molecule has 86 heavy (non-hydrogen) atoms. The molecule has 0 aromatic rings. The molecule has 2 atom stereocenters. The van der Waals surface area contributed by atoms with Crippen molar-refractivity contribution in [3.63, 3.8) is 0 Å². The number of phosphoric ester groups is 1. The Morgan fingerprint density at radius 1 is 0.360 bits per heavy atom. The van der Waals surface area contributed by atoms with Gasteiger partial charge in [-0.3, -0.25) is 18.6 Å². The standard InChI is InChI=1S/C76H134NO8P/c1-6-8-10-12-14-16-18-20-22-24-26-28-29-30-31-32-33-34-35-36-37-38-39-40-41-42-43-44-45-46-47-49-50-52-54-56-58-60-62-64-66-68-75(78)82-72-74(73-84-86(80,81)83-71-70-77(3,4)5)85-76(79)69-67-65-63-61-59-57-55-53-51-48-27-25-23-21-19-17-15-13-11-9-7-2/h8-11,14-17,20-23,26-28,48,53,55,74H,6-7,12-13,18-19,24-25,29-47,49-52,54,56-73H2,1-5H3/p+1/b10-8-,11-9-,16-14-,17-15-,22-20-,23-21-,28-26-,48-27-,55-53-. The van der Waals surface area contributed by atoms with Crippen LogP contribution in [-0.4, -0.2) is 74.9 Å². The molecule has 0 spiro atoms. The number of likely N-dealkylation sites (N-methyl/N-ethyl adjacent to an activating group) is 1. The van der Waals surface area contributed by atoms with Crippen LogP contribution in [0, 0.1) is 0 Å². The van der Waals surface area contributed by atoms with E-state index in [-0.39, 0.29) is 32.0 Å². The van der Waals surface area contributed by atoms with Gasteiger partial charge < -0.3 is 18.9 Å². The van der Waals surface area contributed by atoms with Crippen molar-refractivity contribution in [3.05, 3.63) is 109 Å². The normalized spacial score (nSPS) is 13.8. The van der Waals surface area contributed by atoms with Gasteiger partial charge in [0.25, 0.3) is 0 Å². The molecule has 0 fully saturated rings. The summed E-state index contributed by atoms with van der Waals surface area (Å²) in [6.07, 6.45) is 93.6. The minimum Gasteiger partial charge on any atom is -0.462 e. The summed E-state index contributed by atoms with van der Waals surface area (Å²) in [5.74, 6) is -0.813. The third-order valence-electron chi connectivity index (χ3n) is 15.3. The highest BCUT2D eigenvalue weighted by molar-refractivity contribution is 7.47. The van der Waals surface area contributed by atoms with E-state index >= 15 is 0 Å². The summed E-state index contributed by atoms with van der Waals surface area (Å²) < 4.78 is 34.7. The summed E-state index contributed by atoms with van der Waals surface area (Å²) in [4.78, 5) is 35.8. The molecule has 9 nitrogen and oxygen atoms in total. The molecular weight excluding hydrogens is 1090 g/mol. The first-order valence-corrected chi connectivity index (χ1v) is 37.1. The van der Waals surface area contributed by atoms with Gasteiger partial charge in [-0.2, -0.15) is 0 Å². The van der Waals surface area contributed by atoms with Crippen LogP contribution in [0.15, 0.2) is 109 Å². The van der Waals surface area contributed by atoms with Gasteiger partial charge in [-0.25, -0.2) is 4.57 Å². The minimum absolute atomic E-state index is 0.0246. The smallest absolute Gasteiger partial charge is 0.462 e. The van der Waals surface area contributed by atoms with E-state index in [9.17, 15) is 19.0 Å². The molecule has 1 N–H and O–H groups in total. The van der Waals surface area contributed by atoms with E-state index in [0.29, 0.717) is 17.4 Å². The summed E-state index contributed by atoms with van der Waals surface area (Å²) in [7, 11) is 1.46. The number of rotatable bonds is 65. The maximum atomic E-state index is 12.8. The fraction of sp³-hybridized carbons (Fsp3) is 0.737. The number of esters is 2. The van der Waals surface area contributed by atoms with Gasteiger partial charge in [0.1, 0.15) is 19.8 Å². The van der Waals surface area contributed by atoms with E-state index in [0.717, 1.165) is 109 Å². The molecule has 0 aliphatic heterocycles. The van der Waals surface area contributed by atoms with Crippen LogP contribution in [0.25, 0.3) is 0 Å². The second-order valence-electron chi connectivity index (χ2n) is 24.9. The largest absolute Gasteiger partial charge is 0.472 e. The molecule has 2 unspecified atom stereocenters. The van der Waals surface area contributed by atoms with E-state index in [2.05, 4.69) is 123 Å². The van der Waals surface area contributed by atoms with Crippen molar-refractivity contribution in [3.8, 4) is 0 Å². The highest BCUT2D eigenvalue weighted by atomic mass is 31.2. The Kier molecular flexibility index (Phi) is 63.5. The third-order valence-corrected chi connectivity index (χ3v) is 16.3. The van der Waals surface area contributed by atoms with Crippen LogP contribution in [0.5, 0.6) is 0 Å². The van der Waals surface area contributed by atoms with Crippen LogP contribution >= 0.6 is 7.82 Å². The Bertz CT molecular complexity index is 1820. The first kappa shape index (κ1) is 82.7. The third kappa shape index (κ3) is 69.8. The number of allylic oxidation sites excluding steroid dienone is 18. The van der Waals surface area contributed by atoms with E-state index in [1.54, 1.807) is 0 Å². The zero-order valence-corrected chi connectivity index (χ0v) is 57.4. The molecule has 10 heteroatoms. The lowest BCUT2D eigenvalue weighted by Crippen LogP contribution is -2.37. The van der Waals surface area contributed by atoms with Crippen LogP contribution in [0.2, 0.25) is 0 Å². The van der Waals surface area contributed by atoms with Crippen molar-refractivity contribution in [2.24, 2.45) is 0 Å². The molecule has 0 saturated heterocycles. The minimum atomic E-state index is -4.40. The van der Waals surface area contributed by atoms with Gasteiger partial charge in [0.05, 0.1) is 27.7 Å².